The van der Waals surface area contributed by atoms with Gasteiger partial charge in [-0.25, -0.2) is 0 Å². The first-order valence-electron chi connectivity index (χ1n) is 6.80. The molecule has 0 bridgehead atoms. The molecule has 1 saturated heterocycles. The first kappa shape index (κ1) is 13.1. The van der Waals surface area contributed by atoms with Crippen LogP contribution < -0.4 is 5.32 Å². The normalized spacial score (nSPS) is 21.3. The van der Waals surface area contributed by atoms with Crippen molar-refractivity contribution in [3.63, 3.8) is 0 Å². The molecule has 1 fully saturated rings. The Hall–Kier alpha value is -1.35. The first-order chi connectivity index (χ1) is 8.72. The number of hydrogen-bond acceptors (Lipinski definition) is 2. The number of amides is 1. The third kappa shape index (κ3) is 2.91. The minimum Gasteiger partial charge on any atom is -0.338 e. The summed E-state index contributed by atoms with van der Waals surface area (Å²) in [6.07, 6.45) is 1.87. The molecule has 1 aliphatic rings. The van der Waals surface area contributed by atoms with Gasteiger partial charge in [0.05, 0.1) is 6.04 Å². The molecule has 0 aliphatic carbocycles. The van der Waals surface area contributed by atoms with Crippen LogP contribution in [-0.2, 0) is 11.2 Å². The molecule has 2 atom stereocenters. The highest BCUT2D eigenvalue weighted by Gasteiger charge is 2.33. The summed E-state index contributed by atoms with van der Waals surface area (Å²) in [5.74, 6) is 0.264. The molecule has 98 valence electrons. The summed E-state index contributed by atoms with van der Waals surface area (Å²) in [5, 5.41) is 3.25. The molecule has 1 heterocycles. The number of benzene rings is 1. The fraction of sp³-hybridized carbons (Fsp3) is 0.533. The molecule has 0 saturated carbocycles. The molecule has 1 N–H and O–H groups in total. The van der Waals surface area contributed by atoms with Crippen molar-refractivity contribution in [3.8, 4) is 0 Å². The fourth-order valence-electron chi connectivity index (χ4n) is 2.64. The number of hydrogen-bond donors (Lipinski definition) is 1. The van der Waals surface area contributed by atoms with Gasteiger partial charge in [-0.1, -0.05) is 37.3 Å². The van der Waals surface area contributed by atoms with Crippen LogP contribution in [0.15, 0.2) is 30.3 Å². The molecule has 2 unspecified atom stereocenters. The van der Waals surface area contributed by atoms with E-state index in [4.69, 9.17) is 0 Å². The Labute approximate surface area is 109 Å². The van der Waals surface area contributed by atoms with E-state index in [0.717, 1.165) is 25.9 Å². The number of likely N-dealkylation sites (N-methyl/N-ethyl adjacent to an activating group) is 1. The lowest BCUT2D eigenvalue weighted by atomic mass is 10.1. The molecule has 3 heteroatoms. The Morgan fingerprint density at radius 3 is 2.78 bits per heavy atom. The Kier molecular flexibility index (Phi) is 4.37. The Bertz CT molecular complexity index is 391. The number of likely N-dealkylation sites (tertiary alicyclic amines) is 1. The monoisotopic (exact) mass is 246 g/mol. The zero-order chi connectivity index (χ0) is 13.0. The van der Waals surface area contributed by atoms with E-state index >= 15 is 0 Å². The minimum absolute atomic E-state index is 0.0354. The van der Waals surface area contributed by atoms with Crippen molar-refractivity contribution in [1.82, 2.24) is 10.2 Å². The van der Waals surface area contributed by atoms with Crippen LogP contribution in [0.4, 0.5) is 0 Å². The van der Waals surface area contributed by atoms with E-state index in [-0.39, 0.29) is 18.0 Å². The van der Waals surface area contributed by atoms with Crippen LogP contribution in [0.2, 0.25) is 0 Å². The predicted molar refractivity (Wildman–Crippen MR) is 73.4 cm³/mol. The lowest BCUT2D eigenvalue weighted by Gasteiger charge is -2.25. The van der Waals surface area contributed by atoms with Crippen molar-refractivity contribution in [2.75, 3.05) is 13.1 Å². The lowest BCUT2D eigenvalue weighted by molar-refractivity contribution is -0.131. The maximum Gasteiger partial charge on any atom is 0.240 e. The molecular formula is C15H22N2O. The summed E-state index contributed by atoms with van der Waals surface area (Å²) >= 11 is 0. The first-order valence-corrected chi connectivity index (χ1v) is 6.80. The van der Waals surface area contributed by atoms with Crippen molar-refractivity contribution in [2.45, 2.75) is 38.8 Å². The molecule has 0 aromatic heterocycles. The quantitative estimate of drug-likeness (QED) is 0.859. The lowest BCUT2D eigenvalue weighted by Crippen LogP contribution is -2.42. The van der Waals surface area contributed by atoms with Crippen LogP contribution in [0, 0.1) is 0 Å². The topological polar surface area (TPSA) is 32.3 Å². The Morgan fingerprint density at radius 1 is 1.39 bits per heavy atom. The SMILES string of the molecule is CCNC1CCN(C(C)Cc2ccccc2)C1=O. The third-order valence-electron chi connectivity index (χ3n) is 3.60. The summed E-state index contributed by atoms with van der Waals surface area (Å²) in [4.78, 5) is 14.2. The highest BCUT2D eigenvalue weighted by Crippen LogP contribution is 2.17. The highest BCUT2D eigenvalue weighted by molar-refractivity contribution is 5.84. The van der Waals surface area contributed by atoms with Gasteiger partial charge in [-0.05, 0) is 31.9 Å². The number of carbonyl (C=O) groups excluding carboxylic acids is 1. The van der Waals surface area contributed by atoms with Gasteiger partial charge in [-0.3, -0.25) is 4.79 Å². The van der Waals surface area contributed by atoms with Gasteiger partial charge in [0.15, 0.2) is 0 Å². The van der Waals surface area contributed by atoms with Crippen LogP contribution in [-0.4, -0.2) is 36.0 Å². The second kappa shape index (κ2) is 6.01. The van der Waals surface area contributed by atoms with Crippen molar-refractivity contribution in [2.24, 2.45) is 0 Å². The van der Waals surface area contributed by atoms with E-state index in [2.05, 4.69) is 36.5 Å². The summed E-state index contributed by atoms with van der Waals surface area (Å²) in [7, 11) is 0. The van der Waals surface area contributed by atoms with Gasteiger partial charge >= 0.3 is 0 Å². The van der Waals surface area contributed by atoms with Gasteiger partial charge in [-0.2, -0.15) is 0 Å². The fourth-order valence-corrected chi connectivity index (χ4v) is 2.64. The second-order valence-electron chi connectivity index (χ2n) is 4.97. The molecule has 18 heavy (non-hydrogen) atoms. The van der Waals surface area contributed by atoms with Crippen molar-refractivity contribution in [3.05, 3.63) is 35.9 Å². The van der Waals surface area contributed by atoms with Gasteiger partial charge in [0.2, 0.25) is 5.91 Å². The van der Waals surface area contributed by atoms with E-state index < -0.39 is 0 Å². The van der Waals surface area contributed by atoms with Crippen LogP contribution >= 0.6 is 0 Å². The summed E-state index contributed by atoms with van der Waals surface area (Å²) in [6, 6.07) is 10.7. The molecule has 1 amide bonds. The van der Waals surface area contributed by atoms with Crippen molar-refractivity contribution in [1.29, 1.82) is 0 Å². The molecule has 2 rings (SSSR count). The van der Waals surface area contributed by atoms with Crippen LogP contribution in [0.1, 0.15) is 25.8 Å². The number of nitrogens with zero attached hydrogens (tertiary/aromatic N) is 1. The van der Waals surface area contributed by atoms with Crippen molar-refractivity contribution < 1.29 is 4.79 Å². The molecule has 1 aromatic rings. The predicted octanol–water partition coefficient (Wildman–Crippen LogP) is 1.83. The largest absolute Gasteiger partial charge is 0.338 e. The van der Waals surface area contributed by atoms with Gasteiger partial charge < -0.3 is 10.2 Å². The van der Waals surface area contributed by atoms with E-state index in [1.807, 2.05) is 17.9 Å². The molecular weight excluding hydrogens is 224 g/mol. The zero-order valence-corrected chi connectivity index (χ0v) is 11.2. The van der Waals surface area contributed by atoms with E-state index in [1.165, 1.54) is 5.56 Å². The minimum atomic E-state index is 0.0354. The molecule has 0 radical (unpaired) electrons. The average Bonchev–Trinajstić information content (AvgIpc) is 2.73. The summed E-state index contributed by atoms with van der Waals surface area (Å²) in [6.45, 7) is 5.92. The van der Waals surface area contributed by atoms with Crippen LogP contribution in [0.25, 0.3) is 0 Å². The van der Waals surface area contributed by atoms with Gasteiger partial charge in [0, 0.05) is 12.6 Å². The molecule has 1 aliphatic heterocycles. The van der Waals surface area contributed by atoms with E-state index in [0.29, 0.717) is 0 Å². The summed E-state index contributed by atoms with van der Waals surface area (Å²) in [5.41, 5.74) is 1.30. The molecule has 0 spiro atoms. The van der Waals surface area contributed by atoms with Crippen LogP contribution in [0.5, 0.6) is 0 Å². The second-order valence-corrected chi connectivity index (χ2v) is 4.97. The van der Waals surface area contributed by atoms with Gasteiger partial charge in [0.1, 0.15) is 0 Å². The smallest absolute Gasteiger partial charge is 0.240 e. The van der Waals surface area contributed by atoms with Gasteiger partial charge in [-0.15, -0.1) is 0 Å². The molecule has 1 aromatic carbocycles. The van der Waals surface area contributed by atoms with E-state index in [9.17, 15) is 4.79 Å². The van der Waals surface area contributed by atoms with Crippen LogP contribution in [0.3, 0.4) is 0 Å². The average molecular weight is 246 g/mol. The number of rotatable bonds is 5. The number of carbonyl (C=O) groups is 1. The van der Waals surface area contributed by atoms with E-state index in [1.54, 1.807) is 0 Å². The number of nitrogens with one attached hydrogen (secondary N) is 1. The maximum atomic E-state index is 12.2. The van der Waals surface area contributed by atoms with Gasteiger partial charge in [0.25, 0.3) is 0 Å². The maximum absolute atomic E-state index is 12.2. The zero-order valence-electron chi connectivity index (χ0n) is 11.2. The standard InChI is InChI=1S/C15H22N2O/c1-3-16-14-9-10-17(15(14)18)12(2)11-13-7-5-4-6-8-13/h4-8,12,14,16H,3,9-11H2,1-2H3. The highest BCUT2D eigenvalue weighted by atomic mass is 16.2. The summed E-state index contributed by atoms with van der Waals surface area (Å²) < 4.78 is 0. The third-order valence-corrected chi connectivity index (χ3v) is 3.60. The Balaban J connectivity index is 1.94. The Morgan fingerprint density at radius 2 is 2.11 bits per heavy atom. The van der Waals surface area contributed by atoms with Crippen molar-refractivity contribution >= 4 is 5.91 Å². The molecule has 3 nitrogen and oxygen atoms in total.